The summed E-state index contributed by atoms with van der Waals surface area (Å²) >= 11 is 2.96. The maximum atomic E-state index is 12.0. The Morgan fingerprint density at radius 2 is 2.18 bits per heavy atom. The van der Waals surface area contributed by atoms with Crippen LogP contribution in [0, 0.1) is 0 Å². The largest absolute Gasteiger partial charge is 0.491 e. The number of carbonyl (C=O) groups excluding carboxylic acids is 1. The van der Waals surface area contributed by atoms with Crippen LogP contribution in [0.25, 0.3) is 0 Å². The van der Waals surface area contributed by atoms with Gasteiger partial charge in [-0.25, -0.2) is 0 Å². The molecule has 1 aromatic heterocycles. The van der Waals surface area contributed by atoms with Gasteiger partial charge in [0.25, 0.3) is 5.91 Å². The van der Waals surface area contributed by atoms with Crippen molar-refractivity contribution in [3.63, 3.8) is 0 Å². The summed E-state index contributed by atoms with van der Waals surface area (Å²) in [5, 5.41) is 4.15. The first-order chi connectivity index (χ1) is 10.5. The average molecular weight is 368 g/mol. The number of nitrogens with one attached hydrogen (secondary N) is 1. The van der Waals surface area contributed by atoms with Crippen LogP contribution in [-0.4, -0.2) is 21.8 Å². The zero-order valence-corrected chi connectivity index (χ0v) is 14.3. The monoisotopic (exact) mass is 367 g/mol. The van der Waals surface area contributed by atoms with Gasteiger partial charge in [0.1, 0.15) is 12.4 Å². The second-order valence-electron chi connectivity index (χ2n) is 4.99. The molecule has 0 aliphatic rings. The standard InChI is InChI=1S/C15H18BrN3O3/c1-10(2)22-13-6-4-5-11(15(20)17-16)12(13)9-21-14-7-8-19(3)18-14/h4-8,10H,9H2,1-3H3,(H,17,20). The number of ether oxygens (including phenoxy) is 2. The van der Waals surface area contributed by atoms with E-state index in [1.54, 1.807) is 29.1 Å². The minimum atomic E-state index is -0.256. The van der Waals surface area contributed by atoms with Gasteiger partial charge in [-0.1, -0.05) is 6.07 Å². The summed E-state index contributed by atoms with van der Waals surface area (Å²) in [5.41, 5.74) is 1.17. The molecule has 0 fully saturated rings. The van der Waals surface area contributed by atoms with Gasteiger partial charge in [-0.2, -0.15) is 0 Å². The summed E-state index contributed by atoms with van der Waals surface area (Å²) in [5.74, 6) is 0.861. The van der Waals surface area contributed by atoms with Gasteiger partial charge in [0.2, 0.25) is 5.88 Å². The maximum Gasteiger partial charge on any atom is 0.261 e. The van der Waals surface area contributed by atoms with Gasteiger partial charge in [-0.15, -0.1) is 5.10 Å². The van der Waals surface area contributed by atoms with Crippen LogP contribution in [0.5, 0.6) is 11.6 Å². The van der Waals surface area contributed by atoms with Gasteiger partial charge in [-0.05, 0) is 26.0 Å². The molecular weight excluding hydrogens is 350 g/mol. The van der Waals surface area contributed by atoms with E-state index in [1.807, 2.05) is 27.0 Å². The molecule has 0 saturated carbocycles. The van der Waals surface area contributed by atoms with Gasteiger partial charge >= 0.3 is 0 Å². The molecule has 0 radical (unpaired) electrons. The van der Waals surface area contributed by atoms with E-state index in [0.29, 0.717) is 22.8 Å². The second-order valence-corrected chi connectivity index (χ2v) is 5.39. The molecule has 2 aromatic rings. The molecule has 1 heterocycles. The lowest BCUT2D eigenvalue weighted by Crippen LogP contribution is -2.17. The van der Waals surface area contributed by atoms with E-state index in [-0.39, 0.29) is 18.6 Å². The molecule has 1 aromatic carbocycles. The predicted octanol–water partition coefficient (Wildman–Crippen LogP) is 2.83. The zero-order valence-electron chi connectivity index (χ0n) is 12.7. The minimum absolute atomic E-state index is 0.00381. The molecule has 118 valence electrons. The van der Waals surface area contributed by atoms with Crippen LogP contribution in [0.1, 0.15) is 29.8 Å². The first-order valence-electron chi connectivity index (χ1n) is 6.83. The minimum Gasteiger partial charge on any atom is -0.491 e. The Labute approximate surface area is 137 Å². The molecule has 0 aliphatic heterocycles. The topological polar surface area (TPSA) is 65.4 Å². The lowest BCUT2D eigenvalue weighted by Gasteiger charge is -2.16. The summed E-state index contributed by atoms with van der Waals surface area (Å²) in [4.78, 5) is 12.0. The summed E-state index contributed by atoms with van der Waals surface area (Å²) in [6.45, 7) is 4.05. The highest BCUT2D eigenvalue weighted by Crippen LogP contribution is 2.25. The van der Waals surface area contributed by atoms with Crippen molar-refractivity contribution in [3.8, 4) is 11.6 Å². The fraction of sp³-hybridized carbons (Fsp3) is 0.333. The van der Waals surface area contributed by atoms with Crippen molar-refractivity contribution in [2.45, 2.75) is 26.6 Å². The van der Waals surface area contributed by atoms with Crippen LogP contribution in [0.2, 0.25) is 0 Å². The third-order valence-electron chi connectivity index (χ3n) is 2.88. The third-order valence-corrected chi connectivity index (χ3v) is 3.24. The summed E-state index contributed by atoms with van der Waals surface area (Å²) in [6.07, 6.45) is 1.79. The normalized spacial score (nSPS) is 10.6. The molecule has 0 unspecified atom stereocenters. The number of hydrogen-bond acceptors (Lipinski definition) is 4. The molecule has 7 heteroatoms. The number of hydrogen-bond donors (Lipinski definition) is 1. The Bertz CT molecular complexity index is 655. The quantitative estimate of drug-likeness (QED) is 0.797. The fourth-order valence-electron chi connectivity index (χ4n) is 1.96. The zero-order chi connectivity index (χ0) is 16.1. The van der Waals surface area contributed by atoms with Crippen molar-refractivity contribution in [3.05, 3.63) is 41.6 Å². The molecule has 0 bridgehead atoms. The van der Waals surface area contributed by atoms with E-state index in [0.717, 1.165) is 0 Å². The SMILES string of the molecule is CC(C)Oc1cccc(C(=O)NBr)c1COc1ccn(C)n1. The van der Waals surface area contributed by atoms with Crippen molar-refractivity contribution >= 4 is 22.1 Å². The average Bonchev–Trinajstić information content (AvgIpc) is 2.90. The van der Waals surface area contributed by atoms with E-state index >= 15 is 0 Å². The number of halogens is 1. The Kier molecular flexibility index (Phi) is 5.43. The first kappa shape index (κ1) is 16.4. The Balaban J connectivity index is 2.29. The smallest absolute Gasteiger partial charge is 0.261 e. The van der Waals surface area contributed by atoms with Crippen molar-refractivity contribution in [2.75, 3.05) is 0 Å². The van der Waals surface area contributed by atoms with Crippen molar-refractivity contribution in [2.24, 2.45) is 7.05 Å². The lowest BCUT2D eigenvalue weighted by molar-refractivity contribution is 0.0982. The molecular formula is C15H18BrN3O3. The molecule has 1 N–H and O–H groups in total. The molecule has 0 aliphatic carbocycles. The van der Waals surface area contributed by atoms with Gasteiger partial charge < -0.3 is 9.47 Å². The lowest BCUT2D eigenvalue weighted by atomic mass is 10.1. The van der Waals surface area contributed by atoms with Crippen LogP contribution < -0.4 is 13.8 Å². The van der Waals surface area contributed by atoms with Gasteiger partial charge in [0.15, 0.2) is 0 Å². The van der Waals surface area contributed by atoms with E-state index in [2.05, 4.69) is 25.6 Å². The summed E-state index contributed by atoms with van der Waals surface area (Å²) in [7, 11) is 1.81. The number of nitrogens with zero attached hydrogens (tertiary/aromatic N) is 2. The summed E-state index contributed by atoms with van der Waals surface area (Å²) in [6, 6.07) is 7.08. The Hall–Kier alpha value is -2.02. The highest BCUT2D eigenvalue weighted by molar-refractivity contribution is 9.08. The molecule has 22 heavy (non-hydrogen) atoms. The fourth-order valence-corrected chi connectivity index (χ4v) is 2.17. The van der Waals surface area contributed by atoms with Crippen LogP contribution >= 0.6 is 16.1 Å². The molecule has 0 saturated heterocycles. The molecule has 0 atom stereocenters. The molecule has 0 spiro atoms. The van der Waals surface area contributed by atoms with E-state index in [9.17, 15) is 4.79 Å². The molecule has 1 amide bonds. The number of aromatic nitrogens is 2. The number of aryl methyl sites for hydroxylation is 1. The van der Waals surface area contributed by atoms with Crippen LogP contribution in [0.15, 0.2) is 30.5 Å². The van der Waals surface area contributed by atoms with Gasteiger partial charge in [-0.3, -0.25) is 13.8 Å². The molecule has 6 nitrogen and oxygen atoms in total. The van der Waals surface area contributed by atoms with Crippen molar-refractivity contribution < 1.29 is 14.3 Å². The Morgan fingerprint density at radius 1 is 1.41 bits per heavy atom. The van der Waals surface area contributed by atoms with Gasteiger partial charge in [0, 0.05) is 41.0 Å². The molecule has 2 rings (SSSR count). The predicted molar refractivity (Wildman–Crippen MR) is 86.1 cm³/mol. The highest BCUT2D eigenvalue weighted by atomic mass is 79.9. The van der Waals surface area contributed by atoms with Crippen molar-refractivity contribution in [1.82, 2.24) is 14.1 Å². The second kappa shape index (κ2) is 7.31. The number of benzene rings is 1. The summed E-state index contributed by atoms with van der Waals surface area (Å²) < 4.78 is 15.5. The third kappa shape index (κ3) is 4.00. The Morgan fingerprint density at radius 3 is 2.77 bits per heavy atom. The van der Waals surface area contributed by atoms with E-state index in [4.69, 9.17) is 9.47 Å². The van der Waals surface area contributed by atoms with Crippen molar-refractivity contribution in [1.29, 1.82) is 0 Å². The van der Waals surface area contributed by atoms with E-state index < -0.39 is 0 Å². The van der Waals surface area contributed by atoms with Crippen LogP contribution in [0.4, 0.5) is 0 Å². The number of carbonyl (C=O) groups is 1. The van der Waals surface area contributed by atoms with E-state index in [1.165, 1.54) is 0 Å². The number of rotatable bonds is 6. The van der Waals surface area contributed by atoms with Crippen LogP contribution in [-0.2, 0) is 13.7 Å². The maximum absolute atomic E-state index is 12.0. The highest BCUT2D eigenvalue weighted by Gasteiger charge is 2.17. The number of amides is 1. The van der Waals surface area contributed by atoms with Crippen LogP contribution in [0.3, 0.4) is 0 Å². The van der Waals surface area contributed by atoms with Gasteiger partial charge in [0.05, 0.1) is 11.7 Å². The first-order valence-corrected chi connectivity index (χ1v) is 7.62.